The summed E-state index contributed by atoms with van der Waals surface area (Å²) in [5, 5.41) is 14.8. The Hall–Kier alpha value is -1.89. The summed E-state index contributed by atoms with van der Waals surface area (Å²) in [5.41, 5.74) is 0.779. The molecule has 0 unspecified atom stereocenters. The molecule has 0 saturated heterocycles. The average Bonchev–Trinajstić information content (AvgIpc) is 2.59. The van der Waals surface area contributed by atoms with Crippen LogP contribution in [0.4, 0.5) is 13.6 Å². The molecule has 134 valence electrons. The van der Waals surface area contributed by atoms with Crippen LogP contribution in [-0.2, 0) is 6.54 Å². The quantitative estimate of drug-likeness (QED) is 0.713. The first-order valence-electron chi connectivity index (χ1n) is 8.22. The molecule has 5 nitrogen and oxygen atoms in total. The van der Waals surface area contributed by atoms with E-state index in [1.54, 1.807) is 24.3 Å². The van der Waals surface area contributed by atoms with Crippen molar-refractivity contribution in [2.75, 3.05) is 13.2 Å². The zero-order chi connectivity index (χ0) is 17.4. The van der Waals surface area contributed by atoms with E-state index in [9.17, 15) is 13.6 Å². The second kappa shape index (κ2) is 9.42. The summed E-state index contributed by atoms with van der Waals surface area (Å²) in [4.78, 5) is 11.9. The molecule has 1 aromatic carbocycles. The van der Waals surface area contributed by atoms with Gasteiger partial charge < -0.3 is 20.5 Å². The van der Waals surface area contributed by atoms with Gasteiger partial charge in [-0.05, 0) is 49.3 Å². The molecule has 1 aliphatic rings. The third-order valence-corrected chi connectivity index (χ3v) is 4.17. The summed E-state index contributed by atoms with van der Waals surface area (Å²) in [6, 6.07) is 6.61. The minimum Gasteiger partial charge on any atom is -0.488 e. The Bertz CT molecular complexity index is 520. The molecule has 0 spiro atoms. The molecule has 7 heteroatoms. The van der Waals surface area contributed by atoms with E-state index in [-0.39, 0.29) is 18.7 Å². The molecule has 2 rings (SSSR count). The van der Waals surface area contributed by atoms with Gasteiger partial charge in [0.2, 0.25) is 0 Å². The zero-order valence-electron chi connectivity index (χ0n) is 13.5. The van der Waals surface area contributed by atoms with Crippen LogP contribution in [0.15, 0.2) is 24.3 Å². The first-order chi connectivity index (χ1) is 11.6. The maximum atomic E-state index is 12.1. The van der Waals surface area contributed by atoms with Gasteiger partial charge in [-0.1, -0.05) is 12.1 Å². The maximum absolute atomic E-state index is 12.1. The topological polar surface area (TPSA) is 70.6 Å². The van der Waals surface area contributed by atoms with E-state index in [2.05, 4.69) is 10.6 Å². The molecule has 1 aromatic rings. The number of aliphatic hydroxyl groups is 1. The normalized spacial score (nSPS) is 20.7. The highest BCUT2D eigenvalue weighted by atomic mass is 19.3. The minimum atomic E-state index is -2.52. The lowest BCUT2D eigenvalue weighted by Gasteiger charge is -2.27. The number of halogens is 2. The largest absolute Gasteiger partial charge is 0.488 e. The monoisotopic (exact) mass is 342 g/mol. The van der Waals surface area contributed by atoms with Crippen LogP contribution in [0.1, 0.15) is 31.2 Å². The SMILES string of the molecule is O=C(NCc1cccc(OCC(F)F)c1)NC1CCC(CO)CC1. The van der Waals surface area contributed by atoms with Gasteiger partial charge >= 0.3 is 6.03 Å². The molecule has 0 bridgehead atoms. The van der Waals surface area contributed by atoms with Gasteiger partial charge in [0, 0.05) is 19.2 Å². The van der Waals surface area contributed by atoms with Crippen molar-refractivity contribution in [3.05, 3.63) is 29.8 Å². The zero-order valence-corrected chi connectivity index (χ0v) is 13.5. The van der Waals surface area contributed by atoms with E-state index in [1.165, 1.54) is 0 Å². The van der Waals surface area contributed by atoms with Crippen LogP contribution in [0.25, 0.3) is 0 Å². The maximum Gasteiger partial charge on any atom is 0.315 e. The van der Waals surface area contributed by atoms with Crippen molar-refractivity contribution < 1.29 is 23.4 Å². The summed E-state index contributed by atoms with van der Waals surface area (Å²) in [7, 11) is 0. The Morgan fingerprint density at radius 2 is 2.04 bits per heavy atom. The van der Waals surface area contributed by atoms with Crippen LogP contribution in [0.3, 0.4) is 0 Å². The fourth-order valence-electron chi connectivity index (χ4n) is 2.81. The van der Waals surface area contributed by atoms with Crippen molar-refractivity contribution in [2.24, 2.45) is 5.92 Å². The van der Waals surface area contributed by atoms with Crippen molar-refractivity contribution in [3.8, 4) is 5.75 Å². The fourth-order valence-corrected chi connectivity index (χ4v) is 2.81. The highest BCUT2D eigenvalue weighted by Gasteiger charge is 2.21. The predicted octanol–water partition coefficient (Wildman–Crippen LogP) is 2.68. The van der Waals surface area contributed by atoms with Gasteiger partial charge in [-0.15, -0.1) is 0 Å². The number of alkyl halides is 2. The number of nitrogens with one attached hydrogen (secondary N) is 2. The van der Waals surface area contributed by atoms with Crippen LogP contribution in [-0.4, -0.2) is 36.8 Å². The number of urea groups is 1. The van der Waals surface area contributed by atoms with Crippen molar-refractivity contribution in [2.45, 2.75) is 44.7 Å². The van der Waals surface area contributed by atoms with Crippen molar-refractivity contribution in [1.29, 1.82) is 0 Å². The van der Waals surface area contributed by atoms with Gasteiger partial charge in [0.25, 0.3) is 6.43 Å². The van der Waals surface area contributed by atoms with Crippen LogP contribution >= 0.6 is 0 Å². The van der Waals surface area contributed by atoms with E-state index in [0.29, 0.717) is 18.2 Å². The molecule has 0 radical (unpaired) electrons. The second-order valence-electron chi connectivity index (χ2n) is 6.08. The molecule has 3 N–H and O–H groups in total. The van der Waals surface area contributed by atoms with Gasteiger partial charge in [-0.3, -0.25) is 0 Å². The first kappa shape index (κ1) is 18.4. The lowest BCUT2D eigenvalue weighted by molar-refractivity contribution is 0.0818. The molecule has 1 aliphatic carbocycles. The Labute approximate surface area is 140 Å². The number of hydrogen-bond acceptors (Lipinski definition) is 3. The predicted molar refractivity (Wildman–Crippen MR) is 86.1 cm³/mol. The molecular weight excluding hydrogens is 318 g/mol. The van der Waals surface area contributed by atoms with E-state index in [4.69, 9.17) is 9.84 Å². The van der Waals surface area contributed by atoms with Gasteiger partial charge in [0.05, 0.1) is 0 Å². The molecule has 1 fully saturated rings. The van der Waals surface area contributed by atoms with Gasteiger partial charge in [0.1, 0.15) is 12.4 Å². The number of rotatable bonds is 7. The number of carbonyl (C=O) groups excluding carboxylic acids is 1. The summed E-state index contributed by atoms with van der Waals surface area (Å²) in [6.07, 6.45) is 1.07. The number of hydrogen-bond donors (Lipinski definition) is 3. The average molecular weight is 342 g/mol. The Balaban J connectivity index is 1.72. The lowest BCUT2D eigenvalue weighted by Crippen LogP contribution is -2.43. The smallest absolute Gasteiger partial charge is 0.315 e. The first-order valence-corrected chi connectivity index (χ1v) is 8.22. The summed E-state index contributed by atoms with van der Waals surface area (Å²) in [6.45, 7) is -0.138. The number of aliphatic hydroxyl groups excluding tert-OH is 1. The summed E-state index contributed by atoms with van der Waals surface area (Å²) < 4.78 is 29.2. The molecule has 0 atom stereocenters. The number of carbonyl (C=O) groups is 1. The van der Waals surface area contributed by atoms with Crippen LogP contribution in [0.2, 0.25) is 0 Å². The molecule has 0 aromatic heterocycles. The number of benzene rings is 1. The second-order valence-corrected chi connectivity index (χ2v) is 6.08. The third kappa shape index (κ3) is 6.31. The molecular formula is C17H24F2N2O3. The van der Waals surface area contributed by atoms with Crippen molar-refractivity contribution in [1.82, 2.24) is 10.6 Å². The van der Waals surface area contributed by atoms with Gasteiger partial charge in [-0.25, -0.2) is 13.6 Å². The number of ether oxygens (including phenoxy) is 1. The number of amides is 2. The Morgan fingerprint density at radius 3 is 2.71 bits per heavy atom. The molecule has 1 saturated carbocycles. The highest BCUT2D eigenvalue weighted by Crippen LogP contribution is 2.23. The highest BCUT2D eigenvalue weighted by molar-refractivity contribution is 5.74. The van der Waals surface area contributed by atoms with Crippen LogP contribution in [0, 0.1) is 5.92 Å². The molecule has 0 heterocycles. The third-order valence-electron chi connectivity index (χ3n) is 4.17. The molecule has 24 heavy (non-hydrogen) atoms. The van der Waals surface area contributed by atoms with Crippen molar-refractivity contribution >= 4 is 6.03 Å². The summed E-state index contributed by atoms with van der Waals surface area (Å²) >= 11 is 0. The Kier molecular flexibility index (Phi) is 7.24. The molecule has 2 amide bonds. The van der Waals surface area contributed by atoms with Crippen LogP contribution in [0.5, 0.6) is 5.75 Å². The van der Waals surface area contributed by atoms with E-state index in [1.807, 2.05) is 0 Å². The van der Waals surface area contributed by atoms with E-state index >= 15 is 0 Å². The van der Waals surface area contributed by atoms with Crippen LogP contribution < -0.4 is 15.4 Å². The van der Waals surface area contributed by atoms with E-state index < -0.39 is 13.0 Å². The van der Waals surface area contributed by atoms with Gasteiger partial charge in [-0.2, -0.15) is 0 Å². The summed E-state index contributed by atoms with van der Waals surface area (Å²) in [5.74, 6) is 0.708. The van der Waals surface area contributed by atoms with Crippen molar-refractivity contribution in [3.63, 3.8) is 0 Å². The Morgan fingerprint density at radius 1 is 1.29 bits per heavy atom. The van der Waals surface area contributed by atoms with Gasteiger partial charge in [0.15, 0.2) is 0 Å². The lowest BCUT2D eigenvalue weighted by atomic mass is 9.87. The standard InChI is InChI=1S/C17H24F2N2O3/c18-16(19)11-24-15-3-1-2-13(8-15)9-20-17(23)21-14-6-4-12(10-22)5-7-14/h1-3,8,12,14,16,22H,4-7,9-11H2,(H2,20,21,23). The van der Waals surface area contributed by atoms with E-state index in [0.717, 1.165) is 31.2 Å². The fraction of sp³-hybridized carbons (Fsp3) is 0.588. The molecule has 0 aliphatic heterocycles. The minimum absolute atomic E-state index is 0.133.